The van der Waals surface area contributed by atoms with E-state index in [0.717, 1.165) is 15.7 Å². The van der Waals surface area contributed by atoms with Crippen LogP contribution >= 0.6 is 15.9 Å². The largest absolute Gasteiger partial charge is 0.306 e. The van der Waals surface area contributed by atoms with Crippen LogP contribution in [0.2, 0.25) is 0 Å². The molecule has 1 unspecified atom stereocenters. The van der Waals surface area contributed by atoms with Gasteiger partial charge < -0.3 is 5.73 Å². The van der Waals surface area contributed by atoms with E-state index in [9.17, 15) is 0 Å². The van der Waals surface area contributed by atoms with Gasteiger partial charge in [-0.1, -0.05) is 18.2 Å². The molecule has 0 saturated heterocycles. The molecule has 0 aromatic carbocycles. The summed E-state index contributed by atoms with van der Waals surface area (Å²) >= 11 is 3.38. The molecule has 0 fully saturated rings. The molecule has 0 amide bonds. The van der Waals surface area contributed by atoms with Crippen molar-refractivity contribution >= 4 is 15.9 Å². The van der Waals surface area contributed by atoms with E-state index in [0.29, 0.717) is 0 Å². The highest BCUT2D eigenvalue weighted by molar-refractivity contribution is 9.10. The van der Waals surface area contributed by atoms with Gasteiger partial charge in [0.1, 0.15) is 6.17 Å². The van der Waals surface area contributed by atoms with Crippen molar-refractivity contribution in [3.8, 4) is 0 Å². The molecule has 1 heterocycles. The summed E-state index contributed by atoms with van der Waals surface area (Å²) in [6, 6.07) is 0. The van der Waals surface area contributed by atoms with Crippen LogP contribution in [0.15, 0.2) is 35.0 Å². The molecule has 1 rings (SSSR count). The Balaban J connectivity index is 2.84. The first-order valence-corrected chi connectivity index (χ1v) is 5.10. The number of rotatable bonds is 3. The summed E-state index contributed by atoms with van der Waals surface area (Å²) in [4.78, 5) is 0. The Morgan fingerprint density at radius 2 is 2.43 bits per heavy atom. The van der Waals surface area contributed by atoms with Crippen molar-refractivity contribution in [2.45, 2.75) is 20.0 Å². The number of allylic oxidation sites excluding steroid dienone is 2. The fourth-order valence-electron chi connectivity index (χ4n) is 1.05. The van der Waals surface area contributed by atoms with Gasteiger partial charge in [-0.2, -0.15) is 5.10 Å². The van der Waals surface area contributed by atoms with Crippen LogP contribution in [0.5, 0.6) is 0 Å². The molecule has 1 aromatic rings. The van der Waals surface area contributed by atoms with E-state index < -0.39 is 0 Å². The molecule has 0 saturated carbocycles. The molecule has 0 aliphatic carbocycles. The Kier molecular flexibility index (Phi) is 3.66. The number of nitrogens with two attached hydrogens (primary N) is 1. The zero-order chi connectivity index (χ0) is 10.7. The molecule has 2 N–H and O–H groups in total. The third-order valence-electron chi connectivity index (χ3n) is 1.85. The third kappa shape index (κ3) is 2.56. The lowest BCUT2D eigenvalue weighted by molar-refractivity contribution is 0.543. The molecule has 0 aliphatic heterocycles. The van der Waals surface area contributed by atoms with Crippen molar-refractivity contribution in [3.63, 3.8) is 0 Å². The van der Waals surface area contributed by atoms with Crippen LogP contribution in [0.25, 0.3) is 0 Å². The highest BCUT2D eigenvalue weighted by atomic mass is 79.9. The van der Waals surface area contributed by atoms with E-state index in [-0.39, 0.29) is 6.17 Å². The monoisotopic (exact) mass is 255 g/mol. The third-order valence-corrected chi connectivity index (χ3v) is 2.62. The average Bonchev–Trinajstić information content (AvgIpc) is 2.44. The van der Waals surface area contributed by atoms with Crippen molar-refractivity contribution in [2.75, 3.05) is 0 Å². The molecule has 76 valence electrons. The van der Waals surface area contributed by atoms with Gasteiger partial charge in [0, 0.05) is 0 Å². The number of hydrogen-bond donors (Lipinski definition) is 1. The SMILES string of the molecule is C=C(C)C=CC(N)n1ncc(Br)c1C. The highest BCUT2D eigenvalue weighted by Crippen LogP contribution is 2.16. The number of nitrogens with zero attached hydrogens (tertiary/aromatic N) is 2. The molecule has 0 bridgehead atoms. The summed E-state index contributed by atoms with van der Waals surface area (Å²) in [7, 11) is 0. The van der Waals surface area contributed by atoms with Crippen LogP contribution < -0.4 is 5.73 Å². The van der Waals surface area contributed by atoms with Gasteiger partial charge in [-0.25, -0.2) is 4.68 Å². The number of hydrogen-bond acceptors (Lipinski definition) is 2. The predicted molar refractivity (Wildman–Crippen MR) is 61.8 cm³/mol. The summed E-state index contributed by atoms with van der Waals surface area (Å²) in [5, 5.41) is 4.16. The second kappa shape index (κ2) is 4.57. The summed E-state index contributed by atoms with van der Waals surface area (Å²) in [6.07, 6.45) is 5.26. The Bertz CT molecular complexity index is 365. The topological polar surface area (TPSA) is 43.8 Å². The molecule has 0 spiro atoms. The zero-order valence-electron chi connectivity index (χ0n) is 8.37. The molecule has 3 nitrogen and oxygen atoms in total. The first-order valence-electron chi connectivity index (χ1n) is 4.31. The maximum Gasteiger partial charge on any atom is 0.118 e. The van der Waals surface area contributed by atoms with Gasteiger partial charge in [0.2, 0.25) is 0 Å². The highest BCUT2D eigenvalue weighted by Gasteiger charge is 2.07. The van der Waals surface area contributed by atoms with Crippen LogP contribution in [0.1, 0.15) is 18.8 Å². The van der Waals surface area contributed by atoms with E-state index in [2.05, 4.69) is 27.6 Å². The number of halogens is 1. The number of aromatic nitrogens is 2. The molecule has 1 atom stereocenters. The maximum atomic E-state index is 5.91. The summed E-state index contributed by atoms with van der Waals surface area (Å²) < 4.78 is 2.72. The van der Waals surface area contributed by atoms with E-state index in [1.807, 2.05) is 26.0 Å². The van der Waals surface area contributed by atoms with Crippen molar-refractivity contribution in [1.82, 2.24) is 9.78 Å². The van der Waals surface area contributed by atoms with Gasteiger partial charge in [0.05, 0.1) is 16.4 Å². The van der Waals surface area contributed by atoms with Gasteiger partial charge in [0.25, 0.3) is 0 Å². The van der Waals surface area contributed by atoms with Crippen LogP contribution in [-0.2, 0) is 0 Å². The maximum absolute atomic E-state index is 5.91. The second-order valence-electron chi connectivity index (χ2n) is 3.22. The quantitative estimate of drug-likeness (QED) is 0.844. The first-order chi connectivity index (χ1) is 6.52. The molecule has 0 aliphatic rings. The summed E-state index contributed by atoms with van der Waals surface area (Å²) in [5.74, 6) is 0. The van der Waals surface area contributed by atoms with Gasteiger partial charge >= 0.3 is 0 Å². The predicted octanol–water partition coefficient (Wildman–Crippen LogP) is 2.54. The van der Waals surface area contributed by atoms with Gasteiger partial charge in [-0.15, -0.1) is 0 Å². The van der Waals surface area contributed by atoms with E-state index >= 15 is 0 Å². The van der Waals surface area contributed by atoms with E-state index in [1.54, 1.807) is 10.9 Å². The first kappa shape index (κ1) is 11.2. The minimum Gasteiger partial charge on any atom is -0.306 e. The van der Waals surface area contributed by atoms with E-state index in [1.165, 1.54) is 0 Å². The molecule has 14 heavy (non-hydrogen) atoms. The lowest BCUT2D eigenvalue weighted by Crippen LogP contribution is -2.18. The molecule has 1 aromatic heterocycles. The molecular formula is C10H14BrN3. The smallest absolute Gasteiger partial charge is 0.118 e. The lowest BCUT2D eigenvalue weighted by Gasteiger charge is -2.09. The Hall–Kier alpha value is -0.870. The average molecular weight is 256 g/mol. The normalized spacial score (nSPS) is 13.4. The van der Waals surface area contributed by atoms with Crippen molar-refractivity contribution in [1.29, 1.82) is 0 Å². The van der Waals surface area contributed by atoms with Crippen LogP contribution in [0.3, 0.4) is 0 Å². The fourth-order valence-corrected chi connectivity index (χ4v) is 1.32. The lowest BCUT2D eigenvalue weighted by atomic mass is 10.3. The Morgan fingerprint density at radius 3 is 2.86 bits per heavy atom. The minimum absolute atomic E-state index is 0.238. The van der Waals surface area contributed by atoms with Crippen LogP contribution in [0.4, 0.5) is 0 Å². The van der Waals surface area contributed by atoms with E-state index in [4.69, 9.17) is 5.73 Å². The summed E-state index contributed by atoms with van der Waals surface area (Å²) in [6.45, 7) is 7.66. The van der Waals surface area contributed by atoms with Crippen molar-refractivity contribution in [2.24, 2.45) is 5.73 Å². The second-order valence-corrected chi connectivity index (χ2v) is 4.07. The Morgan fingerprint density at radius 1 is 1.79 bits per heavy atom. The minimum atomic E-state index is -0.238. The van der Waals surface area contributed by atoms with Gasteiger partial charge in [-0.3, -0.25) is 0 Å². The van der Waals surface area contributed by atoms with Crippen LogP contribution in [-0.4, -0.2) is 9.78 Å². The summed E-state index contributed by atoms with van der Waals surface area (Å²) in [5.41, 5.74) is 7.90. The van der Waals surface area contributed by atoms with Gasteiger partial charge in [-0.05, 0) is 35.9 Å². The zero-order valence-corrected chi connectivity index (χ0v) is 9.95. The van der Waals surface area contributed by atoms with Crippen LogP contribution in [0, 0.1) is 6.92 Å². The van der Waals surface area contributed by atoms with Gasteiger partial charge in [0.15, 0.2) is 0 Å². The fraction of sp³-hybridized carbons (Fsp3) is 0.300. The molecular weight excluding hydrogens is 242 g/mol. The van der Waals surface area contributed by atoms with Crippen molar-refractivity contribution in [3.05, 3.63) is 40.7 Å². The molecule has 0 radical (unpaired) electrons. The standard InChI is InChI=1S/C10H14BrN3/c1-7(2)4-5-10(12)14-8(3)9(11)6-13-14/h4-6,10H,1,12H2,2-3H3. The van der Waals surface area contributed by atoms with Crippen molar-refractivity contribution < 1.29 is 0 Å². The molecule has 4 heteroatoms. The Labute approximate surface area is 92.4 Å².